The van der Waals surface area contributed by atoms with Crippen molar-refractivity contribution in [2.24, 2.45) is 0 Å². The molecule has 5 nitrogen and oxygen atoms in total. The molecule has 0 saturated carbocycles. The molecule has 128 valence electrons. The fraction of sp³-hybridized carbons (Fsp3) is 0.316. The minimum atomic E-state index is -0.190. The third-order valence-electron chi connectivity index (χ3n) is 3.44. The molecule has 1 amide bonds. The van der Waals surface area contributed by atoms with E-state index in [9.17, 15) is 4.79 Å². The molecule has 5 heteroatoms. The van der Waals surface area contributed by atoms with Gasteiger partial charge in [-0.3, -0.25) is 4.79 Å². The molecule has 0 radical (unpaired) electrons. The lowest BCUT2D eigenvalue weighted by molar-refractivity contribution is -0.118. The van der Waals surface area contributed by atoms with Crippen LogP contribution in [0.25, 0.3) is 0 Å². The van der Waals surface area contributed by atoms with Crippen LogP contribution >= 0.6 is 0 Å². The molecule has 0 aromatic heterocycles. The Bertz CT molecular complexity index is 641. The Morgan fingerprint density at radius 3 is 2.71 bits per heavy atom. The lowest BCUT2D eigenvalue weighted by atomic mass is 10.2. The maximum atomic E-state index is 11.9. The number of anilines is 1. The highest BCUT2D eigenvalue weighted by Crippen LogP contribution is 2.14. The molecular formula is C19H24N2O3. The fourth-order valence-corrected chi connectivity index (χ4v) is 2.16. The Balaban J connectivity index is 1.78. The highest BCUT2D eigenvalue weighted by atomic mass is 16.5. The van der Waals surface area contributed by atoms with Crippen LogP contribution < -0.4 is 15.4 Å². The number of aryl methyl sites for hydroxylation is 1. The SMILES string of the molecule is Cc1ccc(NC(=O)COc2cccc(CNCCCO)c2)cc1. The van der Waals surface area contributed by atoms with Crippen molar-refractivity contribution in [3.05, 3.63) is 59.7 Å². The van der Waals surface area contributed by atoms with Gasteiger partial charge in [-0.1, -0.05) is 29.8 Å². The summed E-state index contributed by atoms with van der Waals surface area (Å²) < 4.78 is 5.55. The second-order valence-electron chi connectivity index (χ2n) is 5.60. The van der Waals surface area contributed by atoms with E-state index in [1.54, 1.807) is 0 Å². The summed E-state index contributed by atoms with van der Waals surface area (Å²) >= 11 is 0. The molecule has 0 fully saturated rings. The molecule has 0 unspecified atom stereocenters. The van der Waals surface area contributed by atoms with Gasteiger partial charge >= 0.3 is 0 Å². The minimum absolute atomic E-state index is 0.0325. The fourth-order valence-electron chi connectivity index (χ4n) is 2.16. The molecule has 0 aliphatic carbocycles. The standard InChI is InChI=1S/C19H24N2O3/c1-15-6-8-17(9-7-15)21-19(23)14-24-18-5-2-4-16(12-18)13-20-10-3-11-22/h2,4-9,12,20,22H,3,10-11,13-14H2,1H3,(H,21,23). The molecule has 0 aliphatic rings. The number of rotatable bonds is 9. The van der Waals surface area contributed by atoms with E-state index in [1.807, 2.05) is 55.5 Å². The summed E-state index contributed by atoms with van der Waals surface area (Å²) in [6.45, 7) is 3.62. The third-order valence-corrected chi connectivity index (χ3v) is 3.44. The molecule has 2 rings (SSSR count). The average Bonchev–Trinajstić information content (AvgIpc) is 2.59. The van der Waals surface area contributed by atoms with E-state index in [0.29, 0.717) is 12.3 Å². The topological polar surface area (TPSA) is 70.6 Å². The number of amides is 1. The first-order valence-electron chi connectivity index (χ1n) is 8.07. The Hall–Kier alpha value is -2.37. The van der Waals surface area contributed by atoms with E-state index >= 15 is 0 Å². The number of nitrogens with one attached hydrogen (secondary N) is 2. The number of hydrogen-bond acceptors (Lipinski definition) is 4. The summed E-state index contributed by atoms with van der Waals surface area (Å²) in [5.74, 6) is 0.473. The molecule has 0 aliphatic heterocycles. The second kappa shape index (κ2) is 9.70. The van der Waals surface area contributed by atoms with Gasteiger partial charge < -0.3 is 20.5 Å². The van der Waals surface area contributed by atoms with Crippen molar-refractivity contribution in [2.45, 2.75) is 19.9 Å². The number of benzene rings is 2. The number of carbonyl (C=O) groups is 1. The molecule has 0 bridgehead atoms. The van der Waals surface area contributed by atoms with Gasteiger partial charge in [-0.15, -0.1) is 0 Å². The lowest BCUT2D eigenvalue weighted by Gasteiger charge is -2.09. The van der Waals surface area contributed by atoms with Gasteiger partial charge in [-0.2, -0.15) is 0 Å². The van der Waals surface area contributed by atoms with Crippen molar-refractivity contribution in [1.82, 2.24) is 5.32 Å². The number of ether oxygens (including phenoxy) is 1. The highest BCUT2D eigenvalue weighted by Gasteiger charge is 2.04. The van der Waals surface area contributed by atoms with Crippen LogP contribution in [0.3, 0.4) is 0 Å². The lowest BCUT2D eigenvalue weighted by Crippen LogP contribution is -2.20. The van der Waals surface area contributed by atoms with E-state index in [-0.39, 0.29) is 19.1 Å². The first kappa shape index (κ1) is 18.0. The van der Waals surface area contributed by atoms with Gasteiger partial charge in [-0.25, -0.2) is 0 Å². The molecule has 0 saturated heterocycles. The van der Waals surface area contributed by atoms with Gasteiger partial charge in [0.05, 0.1) is 0 Å². The van der Waals surface area contributed by atoms with Crippen LogP contribution in [0, 0.1) is 6.92 Å². The summed E-state index contributed by atoms with van der Waals surface area (Å²) in [5.41, 5.74) is 2.98. The van der Waals surface area contributed by atoms with E-state index in [2.05, 4.69) is 10.6 Å². The Labute approximate surface area is 142 Å². The molecule has 2 aromatic carbocycles. The summed E-state index contributed by atoms with van der Waals surface area (Å²) in [6.07, 6.45) is 0.732. The number of hydrogen-bond donors (Lipinski definition) is 3. The number of carbonyl (C=O) groups excluding carboxylic acids is 1. The van der Waals surface area contributed by atoms with Gasteiger partial charge in [0.1, 0.15) is 5.75 Å². The number of aliphatic hydroxyl groups excluding tert-OH is 1. The van der Waals surface area contributed by atoms with Crippen LogP contribution in [0.1, 0.15) is 17.5 Å². The highest BCUT2D eigenvalue weighted by molar-refractivity contribution is 5.91. The zero-order valence-corrected chi connectivity index (χ0v) is 13.9. The van der Waals surface area contributed by atoms with Gasteiger partial charge in [0.15, 0.2) is 6.61 Å². The maximum Gasteiger partial charge on any atom is 0.262 e. The minimum Gasteiger partial charge on any atom is -0.484 e. The molecule has 24 heavy (non-hydrogen) atoms. The van der Waals surface area contributed by atoms with Crippen molar-refractivity contribution in [3.63, 3.8) is 0 Å². The van der Waals surface area contributed by atoms with E-state index in [4.69, 9.17) is 9.84 Å². The predicted molar refractivity (Wildman–Crippen MR) is 95.2 cm³/mol. The normalized spacial score (nSPS) is 10.4. The summed E-state index contributed by atoms with van der Waals surface area (Å²) in [5, 5.41) is 14.8. The third kappa shape index (κ3) is 6.40. The Morgan fingerprint density at radius 1 is 1.17 bits per heavy atom. The maximum absolute atomic E-state index is 11.9. The van der Waals surface area contributed by atoms with Crippen molar-refractivity contribution >= 4 is 11.6 Å². The Morgan fingerprint density at radius 2 is 1.96 bits per heavy atom. The van der Waals surface area contributed by atoms with E-state index in [1.165, 1.54) is 0 Å². The molecule has 2 aromatic rings. The largest absolute Gasteiger partial charge is 0.484 e. The first-order chi connectivity index (χ1) is 11.7. The van der Waals surface area contributed by atoms with Crippen LogP contribution in [0.4, 0.5) is 5.69 Å². The van der Waals surface area contributed by atoms with E-state index in [0.717, 1.165) is 29.8 Å². The van der Waals surface area contributed by atoms with Gasteiger partial charge in [0, 0.05) is 18.8 Å². The van der Waals surface area contributed by atoms with Crippen LogP contribution in [-0.2, 0) is 11.3 Å². The smallest absolute Gasteiger partial charge is 0.262 e. The first-order valence-corrected chi connectivity index (χ1v) is 8.07. The van der Waals surface area contributed by atoms with Crippen LogP contribution in [0.2, 0.25) is 0 Å². The van der Waals surface area contributed by atoms with Crippen molar-refractivity contribution < 1.29 is 14.6 Å². The molecule has 0 spiro atoms. The quantitative estimate of drug-likeness (QED) is 0.619. The summed E-state index contributed by atoms with van der Waals surface area (Å²) in [7, 11) is 0. The van der Waals surface area contributed by atoms with Crippen LogP contribution in [0.5, 0.6) is 5.75 Å². The van der Waals surface area contributed by atoms with Crippen LogP contribution in [-0.4, -0.2) is 30.8 Å². The molecule has 0 heterocycles. The van der Waals surface area contributed by atoms with Crippen molar-refractivity contribution in [1.29, 1.82) is 0 Å². The van der Waals surface area contributed by atoms with Gasteiger partial charge in [-0.05, 0) is 49.7 Å². The van der Waals surface area contributed by atoms with Gasteiger partial charge in [0.2, 0.25) is 0 Å². The van der Waals surface area contributed by atoms with Crippen LogP contribution in [0.15, 0.2) is 48.5 Å². The van der Waals surface area contributed by atoms with Gasteiger partial charge in [0.25, 0.3) is 5.91 Å². The number of aliphatic hydroxyl groups is 1. The zero-order chi connectivity index (χ0) is 17.2. The zero-order valence-electron chi connectivity index (χ0n) is 13.9. The second-order valence-corrected chi connectivity index (χ2v) is 5.60. The monoisotopic (exact) mass is 328 g/mol. The van der Waals surface area contributed by atoms with Crippen molar-refractivity contribution in [2.75, 3.05) is 25.1 Å². The molecule has 3 N–H and O–H groups in total. The summed E-state index contributed by atoms with van der Waals surface area (Å²) in [6, 6.07) is 15.3. The summed E-state index contributed by atoms with van der Waals surface area (Å²) in [4.78, 5) is 11.9. The Kier molecular flexibility index (Phi) is 7.26. The molecule has 0 atom stereocenters. The predicted octanol–water partition coefficient (Wildman–Crippen LogP) is 2.48. The molecular weight excluding hydrogens is 304 g/mol. The van der Waals surface area contributed by atoms with Crippen molar-refractivity contribution in [3.8, 4) is 5.75 Å². The average molecular weight is 328 g/mol. The van der Waals surface area contributed by atoms with E-state index < -0.39 is 0 Å².